The number of aromatic nitrogens is 3. The molecule has 2 N–H and O–H groups in total. The first-order valence-corrected chi connectivity index (χ1v) is 20.0. The molecule has 1 unspecified atom stereocenters. The highest BCUT2D eigenvalue weighted by atomic mass is 32.1. The molecule has 5 heterocycles. The lowest BCUT2D eigenvalue weighted by atomic mass is 9.84. The molecule has 2 aliphatic heterocycles. The molecule has 6 bridgehead atoms. The molecule has 1 saturated carbocycles. The predicted octanol–water partition coefficient (Wildman–Crippen LogP) is 5.23. The summed E-state index contributed by atoms with van der Waals surface area (Å²) >= 11 is 7.20. The zero-order valence-electron chi connectivity index (χ0n) is 31.7. The van der Waals surface area contributed by atoms with Crippen LogP contribution >= 0.6 is 11.3 Å². The van der Waals surface area contributed by atoms with Gasteiger partial charge in [0.25, 0.3) is 18.5 Å². The molecule has 6 atom stereocenters. The number of esters is 1. The van der Waals surface area contributed by atoms with E-state index in [4.69, 9.17) is 31.9 Å². The minimum Gasteiger partial charge on any atom is -0.460 e. The van der Waals surface area contributed by atoms with Crippen molar-refractivity contribution in [2.24, 2.45) is 23.2 Å². The van der Waals surface area contributed by atoms with Crippen molar-refractivity contribution in [1.82, 2.24) is 24.9 Å². The first-order chi connectivity index (χ1) is 25.8. The molecule has 286 valence electrons. The predicted molar refractivity (Wildman–Crippen MR) is 207 cm³/mol. The van der Waals surface area contributed by atoms with Gasteiger partial charge in [0.05, 0.1) is 48.0 Å². The smallest absolute Gasteiger partial charge is 0.379 e. The van der Waals surface area contributed by atoms with Crippen LogP contribution in [0.4, 0.5) is 0 Å². The minimum atomic E-state index is -0.915. The number of fused-ring (bicyclic) bond motifs is 6. The van der Waals surface area contributed by atoms with E-state index in [2.05, 4.69) is 35.9 Å². The van der Waals surface area contributed by atoms with Crippen LogP contribution in [0.3, 0.4) is 0 Å². The molecule has 54 heavy (non-hydrogen) atoms. The number of hydrazine groups is 1. The van der Waals surface area contributed by atoms with Crippen molar-refractivity contribution in [2.45, 2.75) is 85.0 Å². The molecule has 1 aliphatic carbocycles. The molecule has 1 aromatic carbocycles. The first-order valence-electron chi connectivity index (χ1n) is 18.8. The monoisotopic (exact) mass is 773 g/mol. The SMILES string of the molecule is CO[C@@H](C)c1ncccc1-c1c2c3cc(ccc3n1CCO)-c1csc(n1)C[C@H](NC(=O)C1[C@@H](C)[C@H]1C)C(=O)N1CCC[C@@H](C(=O)OCC(C)(C)C2)[N+]1=S. The second-order valence-electron chi connectivity index (χ2n) is 15.8. The molecule has 14 heteroatoms. The number of methoxy groups -OCH3 is 1. The molecule has 4 aromatic rings. The summed E-state index contributed by atoms with van der Waals surface area (Å²) in [5.74, 6) is -0.696. The first kappa shape index (κ1) is 38.2. The van der Waals surface area contributed by atoms with Gasteiger partial charge in [0.2, 0.25) is 5.91 Å². The number of carbonyl (C=O) groups is 3. The Bertz CT molecular complexity index is 2100. The number of carbonyl (C=O) groups excluding carboxylic acids is 3. The Labute approximate surface area is 325 Å². The van der Waals surface area contributed by atoms with Gasteiger partial charge in [-0.15, -0.1) is 16.3 Å². The van der Waals surface area contributed by atoms with Gasteiger partial charge in [-0.05, 0) is 65.5 Å². The Balaban J connectivity index is 1.37. The summed E-state index contributed by atoms with van der Waals surface area (Å²) in [6.07, 6.45) is 3.17. The van der Waals surface area contributed by atoms with Crippen molar-refractivity contribution in [3.05, 3.63) is 58.2 Å². The number of pyridine rings is 1. The van der Waals surface area contributed by atoms with E-state index in [1.807, 2.05) is 44.4 Å². The topological polar surface area (TPSA) is 139 Å². The number of benzene rings is 1. The van der Waals surface area contributed by atoms with Gasteiger partial charge in [0.15, 0.2) is 0 Å². The number of ether oxygens (including phenoxy) is 2. The summed E-state index contributed by atoms with van der Waals surface area (Å²) in [5.41, 5.74) is 5.68. The van der Waals surface area contributed by atoms with Crippen LogP contribution in [0.15, 0.2) is 41.9 Å². The number of nitrogens with zero attached hydrogens (tertiary/aromatic N) is 5. The number of amides is 2. The maximum atomic E-state index is 14.3. The van der Waals surface area contributed by atoms with E-state index < -0.39 is 23.5 Å². The van der Waals surface area contributed by atoms with Crippen molar-refractivity contribution in [1.29, 1.82) is 0 Å². The molecule has 1 saturated heterocycles. The maximum Gasteiger partial charge on any atom is 0.379 e. The van der Waals surface area contributed by atoms with Gasteiger partial charge >= 0.3 is 11.9 Å². The highest BCUT2D eigenvalue weighted by molar-refractivity contribution is 7.44. The van der Waals surface area contributed by atoms with Crippen LogP contribution in [-0.4, -0.2) is 85.4 Å². The minimum absolute atomic E-state index is 0.0746. The van der Waals surface area contributed by atoms with Crippen molar-refractivity contribution in [3.63, 3.8) is 0 Å². The van der Waals surface area contributed by atoms with Crippen LogP contribution in [-0.2, 0) is 55.7 Å². The number of rotatable bonds is 7. The molecule has 3 aliphatic rings. The van der Waals surface area contributed by atoms with Crippen molar-refractivity contribution in [3.8, 4) is 22.5 Å². The van der Waals surface area contributed by atoms with Gasteiger partial charge in [-0.2, -0.15) is 0 Å². The van der Waals surface area contributed by atoms with Gasteiger partial charge in [0.1, 0.15) is 6.04 Å². The Kier molecular flexibility index (Phi) is 10.7. The zero-order valence-corrected chi connectivity index (χ0v) is 33.3. The molecule has 12 nitrogen and oxygen atoms in total. The number of thiazole rings is 1. The Morgan fingerprint density at radius 2 is 2.02 bits per heavy atom. The van der Waals surface area contributed by atoms with Crippen molar-refractivity contribution < 1.29 is 33.0 Å². The number of hydrogen-bond donors (Lipinski definition) is 2. The lowest BCUT2D eigenvalue weighted by molar-refractivity contribution is -0.676. The molecule has 2 amide bonds. The van der Waals surface area contributed by atoms with E-state index in [-0.39, 0.29) is 55.3 Å². The Hall–Kier alpha value is -4.11. The van der Waals surface area contributed by atoms with Crippen LogP contribution in [0.5, 0.6) is 0 Å². The molecule has 0 radical (unpaired) electrons. The highest BCUT2D eigenvalue weighted by Gasteiger charge is 2.50. The molecular weight excluding hydrogens is 725 g/mol. The zero-order chi connectivity index (χ0) is 38.5. The molecular formula is C40H49N6O6S2+. The van der Waals surface area contributed by atoms with Crippen molar-refractivity contribution in [2.75, 3.05) is 26.9 Å². The third kappa shape index (κ3) is 7.20. The second kappa shape index (κ2) is 15.2. The van der Waals surface area contributed by atoms with E-state index in [1.165, 1.54) is 20.4 Å². The Morgan fingerprint density at radius 1 is 1.24 bits per heavy atom. The van der Waals surface area contributed by atoms with E-state index in [0.717, 1.165) is 44.7 Å². The van der Waals surface area contributed by atoms with E-state index in [1.54, 1.807) is 13.3 Å². The van der Waals surface area contributed by atoms with E-state index in [9.17, 15) is 19.5 Å². The highest BCUT2D eigenvalue weighted by Crippen LogP contribution is 2.46. The van der Waals surface area contributed by atoms with Gasteiger partial charge in [-0.3, -0.25) is 14.6 Å². The van der Waals surface area contributed by atoms with Gasteiger partial charge in [-0.1, -0.05) is 33.8 Å². The normalized spacial score (nSPS) is 24.9. The average molecular weight is 774 g/mol. The summed E-state index contributed by atoms with van der Waals surface area (Å²) in [6.45, 7) is 10.9. The molecule has 3 aromatic heterocycles. The van der Waals surface area contributed by atoms with E-state index in [0.29, 0.717) is 37.4 Å². The molecule has 7 rings (SSSR count). The quantitative estimate of drug-likeness (QED) is 0.191. The fourth-order valence-electron chi connectivity index (χ4n) is 8.08. The summed E-state index contributed by atoms with van der Waals surface area (Å²) in [5, 5.41) is 18.5. The molecule has 0 spiro atoms. The summed E-state index contributed by atoms with van der Waals surface area (Å²) in [6, 6.07) is 8.41. The van der Waals surface area contributed by atoms with Crippen LogP contribution < -0.4 is 5.32 Å². The maximum absolute atomic E-state index is 14.3. The number of hydrogen-bond acceptors (Lipinski definition) is 10. The Morgan fingerprint density at radius 3 is 2.74 bits per heavy atom. The van der Waals surface area contributed by atoms with Crippen LogP contribution in [0.1, 0.15) is 69.8 Å². The molecule has 2 fully saturated rings. The van der Waals surface area contributed by atoms with Gasteiger partial charge < -0.3 is 24.5 Å². The summed E-state index contributed by atoms with van der Waals surface area (Å²) in [4.78, 5) is 51.2. The largest absolute Gasteiger partial charge is 0.460 e. The third-order valence-electron chi connectivity index (χ3n) is 11.4. The standard InChI is InChI=1S/C40H48N6O6S2/c1-22-23(2)34(22)37(48)43-29-18-33-42-30(20-54-33)25-11-12-31-27(17-25)28(36(44(31)15-16-47)26-9-7-13-41-35(26)24(3)51-6)19-40(4,5)21-52-39(50)32-10-8-14-45(38(29)49)46(32)53/h7,9,11-13,17,20,22-24,29,32,34,47H,8,10,14-16,18-19,21H2,1-6H3/p+1/t22-,23+,24-,29-,32-,34?/m0/s1. The fourth-order valence-corrected chi connectivity index (χ4v) is 9.28. The number of aliphatic hydroxyl groups excluding tert-OH is 1. The van der Waals surface area contributed by atoms with Crippen LogP contribution in [0.2, 0.25) is 0 Å². The van der Waals surface area contributed by atoms with Crippen LogP contribution in [0.25, 0.3) is 33.4 Å². The average Bonchev–Trinajstić information content (AvgIpc) is 3.42. The summed E-state index contributed by atoms with van der Waals surface area (Å²) in [7, 11) is 1.66. The fraction of sp³-hybridized carbons (Fsp3) is 0.525. The second-order valence-corrected chi connectivity index (χ2v) is 17.1. The van der Waals surface area contributed by atoms with Gasteiger partial charge in [0, 0.05) is 71.4 Å². The lowest BCUT2D eigenvalue weighted by Gasteiger charge is -2.29. The summed E-state index contributed by atoms with van der Waals surface area (Å²) < 4.78 is 15.2. The third-order valence-corrected chi connectivity index (χ3v) is 12.8. The van der Waals surface area contributed by atoms with Crippen LogP contribution in [0, 0.1) is 23.2 Å². The van der Waals surface area contributed by atoms with E-state index >= 15 is 0 Å². The lowest BCUT2D eigenvalue weighted by Crippen LogP contribution is -2.58. The number of aliphatic hydroxyl groups is 1. The van der Waals surface area contributed by atoms with Crippen molar-refractivity contribution >= 4 is 52.4 Å². The number of nitrogens with one attached hydrogen (secondary N) is 1. The number of cyclic esters (lactones) is 1. The van der Waals surface area contributed by atoms with Gasteiger partial charge in [-0.25, -0.2) is 9.78 Å².